The van der Waals surface area contributed by atoms with Crippen LogP contribution in [0.2, 0.25) is 0 Å². The molecule has 0 bridgehead atoms. The van der Waals surface area contributed by atoms with Crippen LogP contribution in [0.15, 0.2) is 41.2 Å². The summed E-state index contributed by atoms with van der Waals surface area (Å²) in [5, 5.41) is 0.978. The number of hydrogen-bond donors (Lipinski definition) is 0. The van der Waals surface area contributed by atoms with E-state index in [1.807, 2.05) is 30.3 Å². The number of cyclic esters (lactones) is 1. The van der Waals surface area contributed by atoms with Crippen LogP contribution in [-0.4, -0.2) is 61.6 Å². The molecule has 0 saturated heterocycles. The molecule has 0 aliphatic carbocycles. The van der Waals surface area contributed by atoms with Gasteiger partial charge in [0.15, 0.2) is 0 Å². The molecule has 1 atom stereocenters. The van der Waals surface area contributed by atoms with E-state index in [4.69, 9.17) is 28.7 Å². The highest BCUT2D eigenvalue weighted by Crippen LogP contribution is 2.40. The van der Waals surface area contributed by atoms with Crippen molar-refractivity contribution in [3.05, 3.63) is 63.4 Å². The Hall–Kier alpha value is -3.60. The lowest BCUT2D eigenvalue weighted by atomic mass is 9.85. The minimum absolute atomic E-state index is 0. The van der Waals surface area contributed by atoms with Crippen molar-refractivity contribution < 1.29 is 33.3 Å². The molecule has 0 N–H and O–H groups in total. The summed E-state index contributed by atoms with van der Waals surface area (Å²) >= 11 is 0. The van der Waals surface area contributed by atoms with Crippen molar-refractivity contribution in [1.82, 2.24) is 9.55 Å². The molecule has 0 saturated carbocycles. The van der Waals surface area contributed by atoms with Gasteiger partial charge in [0, 0.05) is 23.6 Å². The summed E-state index contributed by atoms with van der Waals surface area (Å²) < 4.78 is 28.2. The Morgan fingerprint density at radius 3 is 2.66 bits per heavy atom. The number of esters is 2. The first-order valence-electron chi connectivity index (χ1n) is 12.2. The Balaban J connectivity index is 0.00000336. The number of hydrogen-bond acceptors (Lipinski definition) is 9. The van der Waals surface area contributed by atoms with Crippen LogP contribution in [0.1, 0.15) is 37.5 Å². The van der Waals surface area contributed by atoms with Gasteiger partial charge in [0.05, 0.1) is 55.4 Å². The van der Waals surface area contributed by atoms with Crippen molar-refractivity contribution in [3.63, 3.8) is 0 Å². The summed E-state index contributed by atoms with van der Waals surface area (Å²) in [6.45, 7) is 2.84. The van der Waals surface area contributed by atoms with Gasteiger partial charge in [0.1, 0.15) is 13.2 Å². The molecule has 202 valence electrons. The maximum Gasteiger partial charge on any atom is 0.355 e. The lowest BCUT2D eigenvalue weighted by molar-refractivity contribution is -0.192. The van der Waals surface area contributed by atoms with Crippen LogP contribution < -0.4 is 5.56 Å². The summed E-state index contributed by atoms with van der Waals surface area (Å²) in [6.07, 6.45) is 0.0889. The fourth-order valence-electron chi connectivity index (χ4n) is 4.82. The monoisotopic (exact) mass is 524 g/mol. The van der Waals surface area contributed by atoms with Crippen molar-refractivity contribution in [2.45, 2.75) is 39.5 Å². The van der Waals surface area contributed by atoms with E-state index in [1.165, 1.54) is 0 Å². The molecule has 38 heavy (non-hydrogen) atoms. The van der Waals surface area contributed by atoms with Crippen LogP contribution in [-0.2, 0) is 52.0 Å². The van der Waals surface area contributed by atoms with E-state index in [0.717, 1.165) is 16.5 Å². The SMILES string of the molecule is C.CC[C@@]1(OC(=O)COCCOCCOC)C(=O)OCc2c1cc1n(c2=O)Cc2cc3ccccc3nc2-1. The number of rotatable bonds is 10. The van der Waals surface area contributed by atoms with Gasteiger partial charge in [-0.3, -0.25) is 4.79 Å². The molecular formula is C28H32N2O8. The molecule has 3 aromatic rings. The van der Waals surface area contributed by atoms with Crippen molar-refractivity contribution in [2.75, 3.05) is 40.1 Å². The molecule has 1 aromatic carbocycles. The molecule has 0 radical (unpaired) electrons. The van der Waals surface area contributed by atoms with Gasteiger partial charge in [0.25, 0.3) is 5.56 Å². The average molecular weight is 525 g/mol. The van der Waals surface area contributed by atoms with Crippen LogP contribution in [0.3, 0.4) is 0 Å². The highest BCUT2D eigenvalue weighted by atomic mass is 16.6. The summed E-state index contributed by atoms with van der Waals surface area (Å²) in [5.41, 5.74) is 1.55. The third-order valence-electron chi connectivity index (χ3n) is 6.70. The van der Waals surface area contributed by atoms with Crippen LogP contribution in [0.5, 0.6) is 0 Å². The maximum atomic E-state index is 13.5. The molecule has 4 heterocycles. The molecule has 0 amide bonds. The molecular weight excluding hydrogens is 492 g/mol. The lowest BCUT2D eigenvalue weighted by Crippen LogP contribution is -2.48. The highest BCUT2D eigenvalue weighted by molar-refractivity contribution is 5.88. The van der Waals surface area contributed by atoms with Crippen LogP contribution >= 0.6 is 0 Å². The molecule has 2 aromatic heterocycles. The fourth-order valence-corrected chi connectivity index (χ4v) is 4.82. The third-order valence-corrected chi connectivity index (χ3v) is 6.70. The van der Waals surface area contributed by atoms with Gasteiger partial charge in [0.2, 0.25) is 5.60 Å². The molecule has 5 rings (SSSR count). The molecule has 10 heteroatoms. The molecule has 0 unspecified atom stereocenters. The Kier molecular flexibility index (Phi) is 8.25. The third kappa shape index (κ3) is 4.82. The first kappa shape index (κ1) is 27.4. The zero-order valence-corrected chi connectivity index (χ0v) is 20.8. The highest BCUT2D eigenvalue weighted by Gasteiger charge is 2.50. The van der Waals surface area contributed by atoms with Crippen molar-refractivity contribution in [3.8, 4) is 11.4 Å². The Bertz CT molecular complexity index is 1420. The quantitative estimate of drug-likeness (QED) is 0.228. The van der Waals surface area contributed by atoms with Gasteiger partial charge in [-0.1, -0.05) is 32.5 Å². The molecule has 2 aliphatic heterocycles. The predicted octanol–water partition coefficient (Wildman–Crippen LogP) is 2.95. The second-order valence-electron chi connectivity index (χ2n) is 8.89. The van der Waals surface area contributed by atoms with Crippen LogP contribution in [0.4, 0.5) is 0 Å². The molecule has 10 nitrogen and oxygen atoms in total. The first-order valence-corrected chi connectivity index (χ1v) is 12.2. The second-order valence-corrected chi connectivity index (χ2v) is 8.89. The standard InChI is InChI=1S/C27H28N2O8.CH4/c1-3-27(37-23(30)16-35-11-10-34-9-8-33-2)20-13-22-24-18(12-17-6-4-5-7-21(17)28-24)14-29(22)25(31)19(20)15-36-26(27)32;/h4-7,12-13H,3,8-11,14-16H2,1-2H3;1H4/t27-;/m0./s1. The Morgan fingerprint density at radius 1 is 1.11 bits per heavy atom. The number of methoxy groups -OCH3 is 1. The number of carbonyl (C=O) groups is 2. The zero-order valence-electron chi connectivity index (χ0n) is 20.8. The summed E-state index contributed by atoms with van der Waals surface area (Å²) in [7, 11) is 1.58. The van der Waals surface area contributed by atoms with Gasteiger partial charge in [-0.2, -0.15) is 0 Å². The van der Waals surface area contributed by atoms with E-state index in [-0.39, 0.29) is 45.8 Å². The average Bonchev–Trinajstić information content (AvgIpc) is 3.26. The van der Waals surface area contributed by atoms with E-state index < -0.39 is 17.5 Å². The van der Waals surface area contributed by atoms with Gasteiger partial charge in [-0.25, -0.2) is 14.6 Å². The molecule has 0 spiro atoms. The van der Waals surface area contributed by atoms with Crippen LogP contribution in [0.25, 0.3) is 22.3 Å². The largest absolute Gasteiger partial charge is 0.457 e. The number of carbonyl (C=O) groups excluding carboxylic acids is 2. The zero-order chi connectivity index (χ0) is 26.0. The fraction of sp³-hybridized carbons (Fsp3) is 0.429. The topological polar surface area (TPSA) is 115 Å². The number of aromatic nitrogens is 2. The number of para-hydroxylation sites is 1. The number of fused-ring (bicyclic) bond motifs is 5. The van der Waals surface area contributed by atoms with Crippen molar-refractivity contribution in [2.24, 2.45) is 0 Å². The smallest absolute Gasteiger partial charge is 0.355 e. The van der Waals surface area contributed by atoms with Crippen molar-refractivity contribution >= 4 is 22.8 Å². The first-order chi connectivity index (χ1) is 18.0. The van der Waals surface area contributed by atoms with Crippen molar-refractivity contribution in [1.29, 1.82) is 0 Å². The number of nitrogens with zero attached hydrogens (tertiary/aromatic N) is 2. The minimum atomic E-state index is -1.75. The maximum absolute atomic E-state index is 13.5. The predicted molar refractivity (Wildman–Crippen MR) is 139 cm³/mol. The minimum Gasteiger partial charge on any atom is -0.457 e. The Morgan fingerprint density at radius 2 is 1.87 bits per heavy atom. The van der Waals surface area contributed by atoms with E-state index in [9.17, 15) is 14.4 Å². The number of ether oxygens (including phenoxy) is 5. The lowest BCUT2D eigenvalue weighted by Gasteiger charge is -2.35. The summed E-state index contributed by atoms with van der Waals surface area (Å²) in [5.74, 6) is -1.46. The number of pyridine rings is 2. The normalized spacial score (nSPS) is 17.3. The molecule has 2 aliphatic rings. The Labute approximate surface area is 220 Å². The summed E-state index contributed by atoms with van der Waals surface area (Å²) in [4.78, 5) is 44.1. The van der Waals surface area contributed by atoms with E-state index in [0.29, 0.717) is 42.3 Å². The molecule has 0 fully saturated rings. The van der Waals surface area contributed by atoms with E-state index in [1.54, 1.807) is 24.7 Å². The van der Waals surface area contributed by atoms with Crippen LogP contribution in [0, 0.1) is 0 Å². The van der Waals surface area contributed by atoms with Gasteiger partial charge in [-0.05, 0) is 24.6 Å². The number of benzene rings is 1. The second kappa shape index (κ2) is 11.4. The van der Waals surface area contributed by atoms with Gasteiger partial charge >= 0.3 is 11.9 Å². The van der Waals surface area contributed by atoms with Gasteiger partial charge in [-0.15, -0.1) is 0 Å². The summed E-state index contributed by atoms with van der Waals surface area (Å²) in [6, 6.07) is 11.5. The van der Waals surface area contributed by atoms with E-state index in [2.05, 4.69) is 0 Å². The van der Waals surface area contributed by atoms with E-state index >= 15 is 0 Å². The van der Waals surface area contributed by atoms with Gasteiger partial charge < -0.3 is 28.3 Å².